The average molecular weight is 280 g/mol. The Bertz CT molecular complexity index is 734. The van der Waals surface area contributed by atoms with Gasteiger partial charge in [-0.15, -0.1) is 0 Å². The molecule has 90 valence electrons. The maximum Gasteiger partial charge on any atom is 0.141 e. The van der Waals surface area contributed by atoms with Gasteiger partial charge < -0.3 is 4.98 Å². The fourth-order valence-electron chi connectivity index (χ4n) is 2.00. The number of benzene rings is 2. The number of halogens is 3. The summed E-state index contributed by atoms with van der Waals surface area (Å²) in [5, 5.41) is 1.77. The number of aromatic amines is 1. The van der Waals surface area contributed by atoms with E-state index in [1.807, 2.05) is 24.4 Å². The summed E-state index contributed by atoms with van der Waals surface area (Å²) in [5.41, 5.74) is 2.79. The van der Waals surface area contributed by atoms with Crippen LogP contribution >= 0.6 is 23.2 Å². The Balaban J connectivity index is 2.24. The summed E-state index contributed by atoms with van der Waals surface area (Å²) in [5.74, 6) is -0.418. The van der Waals surface area contributed by atoms with Crippen molar-refractivity contribution in [2.45, 2.75) is 0 Å². The predicted octanol–water partition coefficient (Wildman–Crippen LogP) is 5.28. The largest absolute Gasteiger partial charge is 0.361 e. The van der Waals surface area contributed by atoms with Gasteiger partial charge in [-0.05, 0) is 35.9 Å². The number of hydrogen-bond acceptors (Lipinski definition) is 0. The van der Waals surface area contributed by atoms with Crippen LogP contribution < -0.4 is 0 Å². The van der Waals surface area contributed by atoms with Crippen molar-refractivity contribution in [3.8, 4) is 11.1 Å². The molecule has 1 N–H and O–H groups in total. The summed E-state index contributed by atoms with van der Waals surface area (Å²) in [7, 11) is 0. The minimum absolute atomic E-state index is 0.115. The smallest absolute Gasteiger partial charge is 0.141 e. The monoisotopic (exact) mass is 279 g/mol. The van der Waals surface area contributed by atoms with E-state index >= 15 is 0 Å². The SMILES string of the molecule is Fc1ccc(-c2c[nH]c3ccc(Cl)cc23)cc1Cl. The van der Waals surface area contributed by atoms with Crippen LogP contribution in [0.15, 0.2) is 42.6 Å². The Morgan fingerprint density at radius 1 is 1.00 bits per heavy atom. The standard InChI is InChI=1S/C14H8Cl2FN/c15-9-2-4-14-10(6-9)11(7-18-14)8-1-3-13(17)12(16)5-8/h1-7,18H. The molecule has 1 heterocycles. The van der Waals surface area contributed by atoms with Crippen LogP contribution in [0, 0.1) is 5.82 Å². The van der Waals surface area contributed by atoms with Crippen LogP contribution in [0.25, 0.3) is 22.0 Å². The summed E-state index contributed by atoms with van der Waals surface area (Å²) in [6, 6.07) is 10.3. The molecule has 1 nitrogen and oxygen atoms in total. The molecule has 4 heteroatoms. The molecule has 0 atom stereocenters. The lowest BCUT2D eigenvalue weighted by molar-refractivity contribution is 0.628. The van der Waals surface area contributed by atoms with E-state index in [2.05, 4.69) is 4.98 Å². The minimum Gasteiger partial charge on any atom is -0.361 e. The second-order valence-electron chi connectivity index (χ2n) is 4.02. The van der Waals surface area contributed by atoms with Crippen LogP contribution in [0.3, 0.4) is 0 Å². The second kappa shape index (κ2) is 4.30. The summed E-state index contributed by atoms with van der Waals surface area (Å²) in [6.45, 7) is 0. The van der Waals surface area contributed by atoms with Gasteiger partial charge in [0.2, 0.25) is 0 Å². The van der Waals surface area contributed by atoms with Crippen LogP contribution in [0.1, 0.15) is 0 Å². The number of rotatable bonds is 1. The van der Waals surface area contributed by atoms with Gasteiger partial charge in [-0.25, -0.2) is 4.39 Å². The van der Waals surface area contributed by atoms with Crippen molar-refractivity contribution in [1.29, 1.82) is 0 Å². The van der Waals surface area contributed by atoms with E-state index < -0.39 is 5.82 Å². The minimum atomic E-state index is -0.418. The third kappa shape index (κ3) is 1.88. The molecule has 0 unspecified atom stereocenters. The molecule has 1 aromatic heterocycles. The Hall–Kier alpha value is -1.51. The lowest BCUT2D eigenvalue weighted by atomic mass is 10.0. The van der Waals surface area contributed by atoms with E-state index in [9.17, 15) is 4.39 Å². The number of nitrogens with one attached hydrogen (secondary N) is 1. The van der Waals surface area contributed by atoms with E-state index in [1.165, 1.54) is 6.07 Å². The van der Waals surface area contributed by atoms with Gasteiger partial charge in [-0.3, -0.25) is 0 Å². The molecular formula is C14H8Cl2FN. The lowest BCUT2D eigenvalue weighted by Crippen LogP contribution is -1.80. The molecular weight excluding hydrogens is 272 g/mol. The normalized spacial score (nSPS) is 11.1. The first-order valence-electron chi connectivity index (χ1n) is 5.37. The number of fused-ring (bicyclic) bond motifs is 1. The van der Waals surface area contributed by atoms with Gasteiger partial charge in [0.25, 0.3) is 0 Å². The van der Waals surface area contributed by atoms with Gasteiger partial charge in [-0.2, -0.15) is 0 Å². The quantitative estimate of drug-likeness (QED) is 0.624. The zero-order chi connectivity index (χ0) is 12.7. The van der Waals surface area contributed by atoms with Crippen molar-refractivity contribution in [2.75, 3.05) is 0 Å². The fraction of sp³-hybridized carbons (Fsp3) is 0. The molecule has 18 heavy (non-hydrogen) atoms. The van der Waals surface area contributed by atoms with Gasteiger partial charge in [0, 0.05) is 27.7 Å². The van der Waals surface area contributed by atoms with E-state index in [1.54, 1.807) is 12.1 Å². The lowest BCUT2D eigenvalue weighted by Gasteiger charge is -2.01. The van der Waals surface area contributed by atoms with Crippen LogP contribution in [-0.4, -0.2) is 4.98 Å². The van der Waals surface area contributed by atoms with E-state index in [4.69, 9.17) is 23.2 Å². The summed E-state index contributed by atoms with van der Waals surface area (Å²) < 4.78 is 13.2. The topological polar surface area (TPSA) is 15.8 Å². The molecule has 0 saturated heterocycles. The molecule has 0 aliphatic heterocycles. The highest BCUT2D eigenvalue weighted by Crippen LogP contribution is 2.32. The number of H-pyrrole nitrogens is 1. The summed E-state index contributed by atoms with van der Waals surface area (Å²) in [6.07, 6.45) is 1.87. The number of aromatic nitrogens is 1. The van der Waals surface area contributed by atoms with Crippen molar-refractivity contribution in [2.24, 2.45) is 0 Å². The van der Waals surface area contributed by atoms with E-state index in [0.717, 1.165) is 22.0 Å². The molecule has 0 radical (unpaired) electrons. The first kappa shape index (κ1) is 11.6. The highest BCUT2D eigenvalue weighted by molar-refractivity contribution is 6.32. The van der Waals surface area contributed by atoms with E-state index in [0.29, 0.717) is 5.02 Å². The van der Waals surface area contributed by atoms with Crippen molar-refractivity contribution >= 4 is 34.1 Å². The van der Waals surface area contributed by atoms with Crippen molar-refractivity contribution in [3.05, 3.63) is 58.5 Å². The van der Waals surface area contributed by atoms with Gasteiger partial charge >= 0.3 is 0 Å². The van der Waals surface area contributed by atoms with Crippen LogP contribution in [0.5, 0.6) is 0 Å². The molecule has 0 bridgehead atoms. The van der Waals surface area contributed by atoms with Crippen molar-refractivity contribution in [1.82, 2.24) is 4.98 Å². The van der Waals surface area contributed by atoms with Crippen LogP contribution in [0.2, 0.25) is 10.0 Å². The second-order valence-corrected chi connectivity index (χ2v) is 4.86. The van der Waals surface area contributed by atoms with Gasteiger partial charge in [-0.1, -0.05) is 29.3 Å². The fourth-order valence-corrected chi connectivity index (χ4v) is 2.35. The molecule has 0 spiro atoms. The first-order chi connectivity index (χ1) is 8.65. The van der Waals surface area contributed by atoms with Gasteiger partial charge in [0.05, 0.1) is 5.02 Å². The Morgan fingerprint density at radius 3 is 2.61 bits per heavy atom. The molecule has 0 fully saturated rings. The zero-order valence-electron chi connectivity index (χ0n) is 9.18. The Kier molecular flexibility index (Phi) is 2.77. The maximum absolute atomic E-state index is 13.2. The van der Waals surface area contributed by atoms with Crippen molar-refractivity contribution in [3.63, 3.8) is 0 Å². The van der Waals surface area contributed by atoms with Crippen LogP contribution in [-0.2, 0) is 0 Å². The third-order valence-corrected chi connectivity index (χ3v) is 3.40. The molecule has 3 rings (SSSR count). The number of hydrogen-bond donors (Lipinski definition) is 1. The third-order valence-electron chi connectivity index (χ3n) is 2.87. The molecule has 0 amide bonds. The van der Waals surface area contributed by atoms with Crippen molar-refractivity contribution < 1.29 is 4.39 Å². The Labute approximate surface area is 113 Å². The zero-order valence-corrected chi connectivity index (χ0v) is 10.7. The first-order valence-corrected chi connectivity index (χ1v) is 6.13. The summed E-state index contributed by atoms with van der Waals surface area (Å²) >= 11 is 11.8. The highest BCUT2D eigenvalue weighted by Gasteiger charge is 2.08. The summed E-state index contributed by atoms with van der Waals surface area (Å²) in [4.78, 5) is 3.15. The average Bonchev–Trinajstić information content (AvgIpc) is 2.75. The van der Waals surface area contributed by atoms with Crippen LogP contribution in [0.4, 0.5) is 4.39 Å². The molecule has 0 aliphatic carbocycles. The van der Waals surface area contributed by atoms with Gasteiger partial charge in [0.15, 0.2) is 0 Å². The van der Waals surface area contributed by atoms with E-state index in [-0.39, 0.29) is 5.02 Å². The maximum atomic E-state index is 13.2. The Morgan fingerprint density at radius 2 is 1.83 bits per heavy atom. The van der Waals surface area contributed by atoms with Gasteiger partial charge in [0.1, 0.15) is 5.82 Å². The molecule has 2 aromatic carbocycles. The molecule has 3 aromatic rings. The highest BCUT2D eigenvalue weighted by atomic mass is 35.5. The molecule has 0 saturated carbocycles. The predicted molar refractivity (Wildman–Crippen MR) is 73.7 cm³/mol. The molecule has 0 aliphatic rings.